The van der Waals surface area contributed by atoms with Crippen LogP contribution in [-0.4, -0.2) is 22.2 Å². The van der Waals surface area contributed by atoms with E-state index >= 15 is 0 Å². The Morgan fingerprint density at radius 1 is 0.850 bits per heavy atom. The van der Waals surface area contributed by atoms with Crippen molar-refractivity contribution in [3.05, 3.63) is 24.3 Å². The summed E-state index contributed by atoms with van der Waals surface area (Å²) in [6.45, 7) is 10.3. The van der Waals surface area contributed by atoms with E-state index in [1.165, 1.54) is 39.0 Å². The second kappa shape index (κ2) is 13.8. The van der Waals surface area contributed by atoms with Crippen molar-refractivity contribution in [3.8, 4) is 0 Å². The molecular weight excluding hydrogens is 256 g/mol. The Labute approximate surface area is 122 Å². The van der Waals surface area contributed by atoms with Crippen molar-refractivity contribution in [2.24, 2.45) is 0 Å². The van der Waals surface area contributed by atoms with Crippen LogP contribution < -0.4 is 0 Å². The Morgan fingerprint density at radius 2 is 1.25 bits per heavy atom. The van der Waals surface area contributed by atoms with Crippen LogP contribution in [0.3, 0.4) is 0 Å². The molecule has 0 rings (SSSR count). The van der Waals surface area contributed by atoms with Crippen LogP contribution in [0.2, 0.25) is 0 Å². The molecule has 0 saturated heterocycles. The predicted octanol–water partition coefficient (Wildman–Crippen LogP) is 4.42. The highest BCUT2D eigenvalue weighted by Crippen LogP contribution is 2.11. The zero-order valence-corrected chi connectivity index (χ0v) is 12.8. The summed E-state index contributed by atoms with van der Waals surface area (Å²) in [4.78, 5) is 20.0. The van der Waals surface area contributed by atoms with Gasteiger partial charge in [-0.05, 0) is 19.8 Å². The van der Waals surface area contributed by atoms with Crippen LogP contribution in [-0.2, 0) is 9.59 Å². The van der Waals surface area contributed by atoms with Crippen LogP contribution in [0.15, 0.2) is 24.3 Å². The fraction of sp³-hybridized carbons (Fsp3) is 0.625. The summed E-state index contributed by atoms with van der Waals surface area (Å²) >= 11 is 0. The second-order valence-corrected chi connectivity index (χ2v) is 4.87. The summed E-state index contributed by atoms with van der Waals surface area (Å²) in [5.74, 6) is -1.79. The molecule has 0 heterocycles. The van der Waals surface area contributed by atoms with E-state index in [0.29, 0.717) is 12.0 Å². The maximum absolute atomic E-state index is 10.4. The summed E-state index contributed by atoms with van der Waals surface area (Å²) < 4.78 is 0. The third kappa shape index (κ3) is 16.4. The van der Waals surface area contributed by atoms with E-state index in [0.717, 1.165) is 12.8 Å². The van der Waals surface area contributed by atoms with E-state index in [2.05, 4.69) is 20.1 Å². The molecule has 0 spiro atoms. The molecule has 0 atom stereocenters. The highest BCUT2D eigenvalue weighted by Gasteiger charge is 2.02. The highest BCUT2D eigenvalue weighted by atomic mass is 16.4. The maximum Gasteiger partial charge on any atom is 0.330 e. The van der Waals surface area contributed by atoms with Crippen LogP contribution in [0, 0.1) is 0 Å². The quantitative estimate of drug-likeness (QED) is 0.460. The van der Waals surface area contributed by atoms with Gasteiger partial charge in [-0.3, -0.25) is 0 Å². The topological polar surface area (TPSA) is 74.6 Å². The molecule has 20 heavy (non-hydrogen) atoms. The molecule has 0 unspecified atom stereocenters. The van der Waals surface area contributed by atoms with E-state index in [4.69, 9.17) is 10.2 Å². The lowest BCUT2D eigenvalue weighted by molar-refractivity contribution is -0.133. The predicted molar refractivity (Wildman–Crippen MR) is 81.8 cm³/mol. The first-order valence-corrected chi connectivity index (χ1v) is 7.12. The van der Waals surface area contributed by atoms with E-state index < -0.39 is 11.9 Å². The number of unbranched alkanes of at least 4 members (excludes halogenated alkanes) is 6. The van der Waals surface area contributed by atoms with Gasteiger partial charge < -0.3 is 10.2 Å². The molecule has 0 saturated carbocycles. The number of hydrogen-bond donors (Lipinski definition) is 2. The molecule has 4 nitrogen and oxygen atoms in total. The smallest absolute Gasteiger partial charge is 0.330 e. The minimum absolute atomic E-state index is 0.176. The molecule has 0 radical (unpaired) electrons. The van der Waals surface area contributed by atoms with Crippen LogP contribution in [0.25, 0.3) is 0 Å². The molecule has 4 heteroatoms. The highest BCUT2D eigenvalue weighted by molar-refractivity contribution is 5.85. The Bertz CT molecular complexity index is 306. The van der Waals surface area contributed by atoms with Crippen LogP contribution in [0.1, 0.15) is 65.2 Å². The van der Waals surface area contributed by atoms with Crippen LogP contribution >= 0.6 is 0 Å². The SMILES string of the molecule is C=C(C)C(=O)O.C=C(CCCCCCCCC)C(=O)O. The van der Waals surface area contributed by atoms with Gasteiger partial charge in [0.1, 0.15) is 0 Å². The number of rotatable bonds is 10. The van der Waals surface area contributed by atoms with Gasteiger partial charge in [0.15, 0.2) is 0 Å². The fourth-order valence-corrected chi connectivity index (χ4v) is 1.40. The molecule has 2 N–H and O–H groups in total. The number of carboxylic acid groups (broad SMARTS) is 2. The third-order valence-corrected chi connectivity index (χ3v) is 2.75. The Kier molecular flexibility index (Phi) is 14.3. The normalized spacial score (nSPS) is 9.30. The summed E-state index contributed by atoms with van der Waals surface area (Å²) in [5, 5.41) is 16.4. The van der Waals surface area contributed by atoms with Gasteiger partial charge in [-0.15, -0.1) is 0 Å². The minimum Gasteiger partial charge on any atom is -0.478 e. The monoisotopic (exact) mass is 284 g/mol. The lowest BCUT2D eigenvalue weighted by Gasteiger charge is -2.01. The second-order valence-electron chi connectivity index (χ2n) is 4.87. The summed E-state index contributed by atoms with van der Waals surface area (Å²) in [6.07, 6.45) is 9.17. The standard InChI is InChI=1S/C12H22O2.C4H6O2/c1-3-4-5-6-7-8-9-10-11(2)12(13)14;1-3(2)4(5)6/h2-10H2,1H3,(H,13,14);1H2,2H3,(H,5,6). The van der Waals surface area contributed by atoms with E-state index in [1.54, 1.807) is 0 Å². The average molecular weight is 284 g/mol. The number of carbonyl (C=O) groups is 2. The van der Waals surface area contributed by atoms with Gasteiger partial charge in [-0.2, -0.15) is 0 Å². The van der Waals surface area contributed by atoms with Gasteiger partial charge in [0.2, 0.25) is 0 Å². The van der Waals surface area contributed by atoms with Crippen molar-refractivity contribution < 1.29 is 19.8 Å². The van der Waals surface area contributed by atoms with Gasteiger partial charge in [-0.25, -0.2) is 9.59 Å². The molecule has 0 aliphatic heterocycles. The fourth-order valence-electron chi connectivity index (χ4n) is 1.40. The van der Waals surface area contributed by atoms with E-state index in [-0.39, 0.29) is 5.57 Å². The van der Waals surface area contributed by atoms with Crippen LogP contribution in [0.4, 0.5) is 0 Å². The van der Waals surface area contributed by atoms with Gasteiger partial charge in [0, 0.05) is 11.1 Å². The lowest BCUT2D eigenvalue weighted by atomic mass is 10.1. The number of hydrogen-bond acceptors (Lipinski definition) is 2. The summed E-state index contributed by atoms with van der Waals surface area (Å²) in [6, 6.07) is 0. The first-order chi connectivity index (χ1) is 9.32. The van der Waals surface area contributed by atoms with E-state index in [1.807, 2.05) is 0 Å². The van der Waals surface area contributed by atoms with Gasteiger partial charge in [-0.1, -0.05) is 58.6 Å². The maximum atomic E-state index is 10.4. The largest absolute Gasteiger partial charge is 0.478 e. The van der Waals surface area contributed by atoms with Crippen LogP contribution in [0.5, 0.6) is 0 Å². The van der Waals surface area contributed by atoms with Crippen molar-refractivity contribution >= 4 is 11.9 Å². The molecule has 0 amide bonds. The number of carboxylic acids is 2. The average Bonchev–Trinajstić information content (AvgIpc) is 2.37. The molecule has 0 aromatic rings. The zero-order valence-electron chi connectivity index (χ0n) is 12.8. The Balaban J connectivity index is 0. The molecule has 0 aliphatic rings. The molecule has 0 aromatic carbocycles. The summed E-state index contributed by atoms with van der Waals surface area (Å²) in [5.41, 5.74) is 0.522. The number of aliphatic carboxylic acids is 2. The summed E-state index contributed by atoms with van der Waals surface area (Å²) in [7, 11) is 0. The van der Waals surface area contributed by atoms with Gasteiger partial charge in [0.05, 0.1) is 0 Å². The van der Waals surface area contributed by atoms with E-state index in [9.17, 15) is 9.59 Å². The van der Waals surface area contributed by atoms with Gasteiger partial charge in [0.25, 0.3) is 0 Å². The molecule has 0 fully saturated rings. The van der Waals surface area contributed by atoms with Crippen molar-refractivity contribution in [1.29, 1.82) is 0 Å². The van der Waals surface area contributed by atoms with Crippen molar-refractivity contribution in [2.45, 2.75) is 65.2 Å². The third-order valence-electron chi connectivity index (χ3n) is 2.75. The lowest BCUT2D eigenvalue weighted by Crippen LogP contribution is -1.98. The minimum atomic E-state index is -0.935. The first kappa shape index (κ1) is 20.7. The molecule has 116 valence electrons. The molecular formula is C16H28O4. The van der Waals surface area contributed by atoms with Crippen molar-refractivity contribution in [2.75, 3.05) is 0 Å². The first-order valence-electron chi connectivity index (χ1n) is 7.12. The molecule has 0 bridgehead atoms. The zero-order chi connectivity index (χ0) is 16.0. The Hall–Kier alpha value is -1.58. The van der Waals surface area contributed by atoms with Crippen molar-refractivity contribution in [1.82, 2.24) is 0 Å². The molecule has 0 aromatic heterocycles. The van der Waals surface area contributed by atoms with Gasteiger partial charge >= 0.3 is 11.9 Å². The molecule has 0 aliphatic carbocycles. The Morgan fingerprint density at radius 3 is 1.60 bits per heavy atom. The van der Waals surface area contributed by atoms with Crippen molar-refractivity contribution in [3.63, 3.8) is 0 Å².